The van der Waals surface area contributed by atoms with Crippen LogP contribution < -0.4 is 15.2 Å². The van der Waals surface area contributed by atoms with Crippen LogP contribution in [0.25, 0.3) is 0 Å². The van der Waals surface area contributed by atoms with Gasteiger partial charge >= 0.3 is 24.2 Å². The number of nitrogens with two attached hydrogens (primary N) is 1. The average molecular weight is 554 g/mol. The Hall–Kier alpha value is -3.34. The molecule has 1 aromatic carbocycles. The van der Waals surface area contributed by atoms with Crippen molar-refractivity contribution in [3.8, 4) is 11.5 Å². The fourth-order valence-corrected chi connectivity index (χ4v) is 3.58. The van der Waals surface area contributed by atoms with Gasteiger partial charge in [-0.1, -0.05) is 40.2 Å². The Morgan fingerprint density at radius 3 is 1.85 bits per heavy atom. The molecular formula is C28H43NO10. The van der Waals surface area contributed by atoms with Gasteiger partial charge in [-0.05, 0) is 64.2 Å². The molecule has 0 saturated carbocycles. The van der Waals surface area contributed by atoms with Crippen molar-refractivity contribution in [2.24, 2.45) is 11.7 Å². The maximum Gasteiger partial charge on any atom is 0.514 e. The van der Waals surface area contributed by atoms with E-state index in [0.717, 1.165) is 6.42 Å². The van der Waals surface area contributed by atoms with Crippen molar-refractivity contribution in [2.75, 3.05) is 0 Å². The van der Waals surface area contributed by atoms with Crippen molar-refractivity contribution >= 4 is 24.2 Å². The van der Waals surface area contributed by atoms with Crippen LogP contribution in [0.3, 0.4) is 0 Å². The predicted molar refractivity (Wildman–Crippen MR) is 143 cm³/mol. The van der Waals surface area contributed by atoms with Gasteiger partial charge in [-0.3, -0.25) is 9.59 Å². The lowest BCUT2D eigenvalue weighted by Gasteiger charge is -2.26. The van der Waals surface area contributed by atoms with Crippen LogP contribution in [-0.4, -0.2) is 53.7 Å². The number of esters is 1. The molecular weight excluding hydrogens is 510 g/mol. The monoisotopic (exact) mass is 553 g/mol. The van der Waals surface area contributed by atoms with Crippen molar-refractivity contribution in [3.05, 3.63) is 23.8 Å². The molecule has 0 aliphatic carbocycles. The summed E-state index contributed by atoms with van der Waals surface area (Å²) in [6.07, 6.45) is -0.866. The van der Waals surface area contributed by atoms with Crippen LogP contribution in [0.4, 0.5) is 9.59 Å². The number of carboxylic acid groups (broad SMARTS) is 1. The van der Waals surface area contributed by atoms with E-state index in [0.29, 0.717) is 24.8 Å². The maximum absolute atomic E-state index is 12.4. The second-order valence-corrected chi connectivity index (χ2v) is 9.73. The summed E-state index contributed by atoms with van der Waals surface area (Å²) in [5, 5.41) is 9.66. The number of carboxylic acids is 1. The number of carbonyl (C=O) groups excluding carboxylic acids is 3. The Bertz CT molecular complexity index is 966. The lowest BCUT2D eigenvalue weighted by Crippen LogP contribution is -2.38. The number of hydrogen-bond donors (Lipinski definition) is 2. The van der Waals surface area contributed by atoms with Crippen LogP contribution in [-0.2, 0) is 23.8 Å². The molecule has 0 radical (unpaired) electrons. The van der Waals surface area contributed by atoms with E-state index in [4.69, 9.17) is 29.4 Å². The Balaban J connectivity index is 3.34. The van der Waals surface area contributed by atoms with Crippen molar-refractivity contribution in [2.45, 2.75) is 111 Å². The Morgan fingerprint density at radius 1 is 0.821 bits per heavy atom. The number of benzene rings is 1. The highest BCUT2D eigenvalue weighted by Gasteiger charge is 2.31. The number of aliphatic carboxylic acids is 1. The van der Waals surface area contributed by atoms with E-state index in [1.807, 2.05) is 20.8 Å². The van der Waals surface area contributed by atoms with Crippen molar-refractivity contribution in [3.63, 3.8) is 0 Å². The number of ether oxygens (including phenoxy) is 5. The van der Waals surface area contributed by atoms with E-state index in [2.05, 4.69) is 0 Å². The Labute approximate surface area is 230 Å². The molecule has 0 heterocycles. The van der Waals surface area contributed by atoms with E-state index in [1.54, 1.807) is 27.7 Å². The predicted octanol–water partition coefficient (Wildman–Crippen LogP) is 5.57. The minimum Gasteiger partial charge on any atom is -0.480 e. The van der Waals surface area contributed by atoms with Gasteiger partial charge in [0, 0.05) is 5.92 Å². The van der Waals surface area contributed by atoms with Crippen LogP contribution in [0.2, 0.25) is 0 Å². The summed E-state index contributed by atoms with van der Waals surface area (Å²) in [6.45, 7) is 12.4. The molecule has 11 nitrogen and oxygen atoms in total. The van der Waals surface area contributed by atoms with Gasteiger partial charge in [-0.25, -0.2) is 9.59 Å². The highest BCUT2D eigenvalue weighted by atomic mass is 16.7. The Morgan fingerprint density at radius 2 is 1.36 bits per heavy atom. The standard InChI is InChI=1S/C28H43NO10/c1-8-11-16(4)26(32)35-19(7)14-21(24(29)25(30)31)20-12-13-22(38-27(33)36-17(5)9-2)23(15-20)39-28(34)37-18(6)10-3/h12-13,15-19,21,24H,8-11,14,29H2,1-7H3,(H,30,31)/t16?,17?,18?,19?,21?,24-/m0/s1. The first-order valence-corrected chi connectivity index (χ1v) is 13.4. The molecule has 0 saturated heterocycles. The lowest BCUT2D eigenvalue weighted by molar-refractivity contribution is -0.153. The van der Waals surface area contributed by atoms with Crippen LogP contribution in [0.1, 0.15) is 92.1 Å². The molecule has 1 aromatic rings. The van der Waals surface area contributed by atoms with E-state index in [1.165, 1.54) is 18.2 Å². The molecule has 5 unspecified atom stereocenters. The molecule has 0 aliphatic heterocycles. The van der Waals surface area contributed by atoms with Crippen molar-refractivity contribution < 1.29 is 48.0 Å². The maximum atomic E-state index is 12.4. The fourth-order valence-electron chi connectivity index (χ4n) is 3.58. The molecule has 0 aromatic heterocycles. The summed E-state index contributed by atoms with van der Waals surface area (Å²) in [5.74, 6) is -3.12. The normalized spacial score (nSPS) is 15.6. The zero-order valence-electron chi connectivity index (χ0n) is 23.9. The third kappa shape index (κ3) is 11.5. The third-order valence-corrected chi connectivity index (χ3v) is 6.27. The van der Waals surface area contributed by atoms with E-state index >= 15 is 0 Å². The molecule has 11 heteroatoms. The molecule has 39 heavy (non-hydrogen) atoms. The highest BCUT2D eigenvalue weighted by molar-refractivity contribution is 5.75. The first-order valence-electron chi connectivity index (χ1n) is 13.4. The molecule has 0 spiro atoms. The van der Waals surface area contributed by atoms with Crippen molar-refractivity contribution in [1.29, 1.82) is 0 Å². The third-order valence-electron chi connectivity index (χ3n) is 6.27. The van der Waals surface area contributed by atoms with Gasteiger partial charge < -0.3 is 34.5 Å². The first kappa shape index (κ1) is 33.7. The molecule has 3 N–H and O–H groups in total. The van der Waals surface area contributed by atoms with Gasteiger partial charge in [0.1, 0.15) is 18.2 Å². The molecule has 0 amide bonds. The van der Waals surface area contributed by atoms with Gasteiger partial charge in [0.2, 0.25) is 0 Å². The molecule has 1 rings (SSSR count). The van der Waals surface area contributed by atoms with Crippen LogP contribution in [0.15, 0.2) is 18.2 Å². The molecule has 0 aliphatic rings. The lowest BCUT2D eigenvalue weighted by atomic mass is 9.87. The zero-order chi connectivity index (χ0) is 29.7. The summed E-state index contributed by atoms with van der Waals surface area (Å²) >= 11 is 0. The second-order valence-electron chi connectivity index (χ2n) is 9.73. The van der Waals surface area contributed by atoms with Gasteiger partial charge in [0.05, 0.1) is 12.0 Å². The summed E-state index contributed by atoms with van der Waals surface area (Å²) in [7, 11) is 0. The minimum absolute atomic E-state index is 0.0745. The zero-order valence-corrected chi connectivity index (χ0v) is 23.9. The van der Waals surface area contributed by atoms with E-state index in [-0.39, 0.29) is 29.8 Å². The van der Waals surface area contributed by atoms with Gasteiger partial charge in [-0.2, -0.15) is 0 Å². The highest BCUT2D eigenvalue weighted by Crippen LogP contribution is 2.35. The number of hydrogen-bond acceptors (Lipinski definition) is 10. The quantitative estimate of drug-likeness (QED) is 0.159. The second kappa shape index (κ2) is 16.6. The summed E-state index contributed by atoms with van der Waals surface area (Å²) < 4.78 is 26.5. The largest absolute Gasteiger partial charge is 0.514 e. The van der Waals surface area contributed by atoms with Gasteiger partial charge in [0.15, 0.2) is 11.5 Å². The Kier molecular flexibility index (Phi) is 14.3. The summed E-state index contributed by atoms with van der Waals surface area (Å²) in [4.78, 5) is 48.9. The van der Waals surface area contributed by atoms with E-state index < -0.39 is 48.6 Å². The van der Waals surface area contributed by atoms with E-state index in [9.17, 15) is 24.3 Å². The molecule has 6 atom stereocenters. The van der Waals surface area contributed by atoms with Crippen molar-refractivity contribution in [1.82, 2.24) is 0 Å². The molecule has 220 valence electrons. The van der Waals surface area contributed by atoms with Crippen LogP contribution in [0, 0.1) is 5.92 Å². The smallest absolute Gasteiger partial charge is 0.480 e. The number of carbonyl (C=O) groups is 4. The fraction of sp³-hybridized carbons (Fsp3) is 0.643. The minimum atomic E-state index is -1.37. The van der Waals surface area contributed by atoms with Gasteiger partial charge in [-0.15, -0.1) is 0 Å². The number of rotatable bonds is 15. The summed E-state index contributed by atoms with van der Waals surface area (Å²) in [6, 6.07) is 2.83. The average Bonchev–Trinajstić information content (AvgIpc) is 2.87. The van der Waals surface area contributed by atoms with Gasteiger partial charge in [0.25, 0.3) is 0 Å². The SMILES string of the molecule is CCCC(C)C(=O)OC(C)CC(c1ccc(OC(=O)OC(C)CC)c(OC(=O)OC(C)CC)c1)[C@H](N)C(=O)O. The first-order chi connectivity index (χ1) is 18.3. The molecule has 0 bridgehead atoms. The van der Waals surface area contributed by atoms with Crippen LogP contribution >= 0.6 is 0 Å². The topological polar surface area (TPSA) is 161 Å². The molecule has 0 fully saturated rings. The van der Waals surface area contributed by atoms with Crippen LogP contribution in [0.5, 0.6) is 11.5 Å². The summed E-state index contributed by atoms with van der Waals surface area (Å²) in [5.41, 5.74) is 6.39.